The zero-order valence-electron chi connectivity index (χ0n) is 14.8. The van der Waals surface area contributed by atoms with Gasteiger partial charge in [-0.1, -0.05) is 37.8 Å². The number of hydrogen-bond acceptors (Lipinski definition) is 1. The summed E-state index contributed by atoms with van der Waals surface area (Å²) in [6, 6.07) is 0. The summed E-state index contributed by atoms with van der Waals surface area (Å²) in [5.74, 6) is -9.68. The van der Waals surface area contributed by atoms with E-state index in [4.69, 9.17) is 4.74 Å². The van der Waals surface area contributed by atoms with Crippen molar-refractivity contribution in [1.29, 1.82) is 0 Å². The Balaban J connectivity index is 2.97. The fourth-order valence-corrected chi connectivity index (χ4v) is 2.33. The molecule has 0 aromatic carbocycles. The SMILES string of the molecule is C=C(C1=CC=C(C)CC1)C(F)(F)C(F)(F)C(=C)C(C)COC(C)C. The topological polar surface area (TPSA) is 9.23 Å². The number of hydrogen-bond donors (Lipinski definition) is 0. The molecule has 0 aromatic rings. The zero-order chi connectivity index (χ0) is 18.7. The molecule has 0 saturated carbocycles. The van der Waals surface area contributed by atoms with E-state index in [1.165, 1.54) is 13.0 Å². The lowest BCUT2D eigenvalue weighted by molar-refractivity contribution is -0.165. The molecule has 1 aliphatic carbocycles. The Bertz CT molecular complexity index is 556. The first kappa shape index (κ1) is 20.7. The third-order valence-electron chi connectivity index (χ3n) is 4.20. The van der Waals surface area contributed by atoms with Gasteiger partial charge in [0, 0.05) is 17.1 Å². The molecule has 0 aromatic heterocycles. The van der Waals surface area contributed by atoms with Crippen molar-refractivity contribution in [1.82, 2.24) is 0 Å². The molecule has 1 atom stereocenters. The van der Waals surface area contributed by atoms with Crippen molar-refractivity contribution >= 4 is 0 Å². The van der Waals surface area contributed by atoms with Gasteiger partial charge in [0.25, 0.3) is 0 Å². The van der Waals surface area contributed by atoms with Crippen molar-refractivity contribution in [2.24, 2.45) is 5.92 Å². The molecule has 136 valence electrons. The second-order valence-corrected chi connectivity index (χ2v) is 6.64. The standard InChI is InChI=1S/C19H26F4O/c1-12(2)24-11-14(4)15(5)18(20,21)19(22,23)16(6)17-9-7-13(3)8-10-17/h7,9,12,14H,5-6,8,10-11H2,1-4H3. The highest BCUT2D eigenvalue weighted by Crippen LogP contribution is 2.48. The molecule has 0 heterocycles. The number of alkyl halides is 4. The third kappa shape index (κ3) is 4.38. The van der Waals surface area contributed by atoms with E-state index in [0.29, 0.717) is 6.42 Å². The summed E-state index contributed by atoms with van der Waals surface area (Å²) in [7, 11) is 0. The van der Waals surface area contributed by atoms with Crippen LogP contribution in [0, 0.1) is 5.92 Å². The van der Waals surface area contributed by atoms with Crippen LogP contribution in [0.1, 0.15) is 40.5 Å². The zero-order valence-corrected chi connectivity index (χ0v) is 14.8. The van der Waals surface area contributed by atoms with Crippen molar-refractivity contribution in [2.45, 2.75) is 58.5 Å². The van der Waals surface area contributed by atoms with Crippen LogP contribution in [0.2, 0.25) is 0 Å². The molecule has 1 aliphatic rings. The van der Waals surface area contributed by atoms with Crippen molar-refractivity contribution < 1.29 is 22.3 Å². The minimum atomic E-state index is -4.39. The maximum absolute atomic E-state index is 14.5. The first-order chi connectivity index (χ1) is 10.9. The molecule has 0 bridgehead atoms. The molecular weight excluding hydrogens is 320 g/mol. The summed E-state index contributed by atoms with van der Waals surface area (Å²) in [6.45, 7) is 13.2. The van der Waals surface area contributed by atoms with Crippen molar-refractivity contribution in [3.63, 3.8) is 0 Å². The van der Waals surface area contributed by atoms with Gasteiger partial charge in [-0.05, 0) is 39.2 Å². The predicted molar refractivity (Wildman–Crippen MR) is 89.5 cm³/mol. The summed E-state index contributed by atoms with van der Waals surface area (Å²) in [5.41, 5.74) is -0.499. The Morgan fingerprint density at radius 2 is 1.67 bits per heavy atom. The quantitative estimate of drug-likeness (QED) is 0.381. The van der Waals surface area contributed by atoms with Crippen LogP contribution in [0.25, 0.3) is 0 Å². The number of rotatable bonds is 8. The number of halogens is 4. The molecule has 0 spiro atoms. The average molecular weight is 346 g/mol. The average Bonchev–Trinajstić information content (AvgIpc) is 2.51. The van der Waals surface area contributed by atoms with Gasteiger partial charge in [-0.3, -0.25) is 0 Å². The van der Waals surface area contributed by atoms with Crippen molar-refractivity contribution in [2.75, 3.05) is 6.61 Å². The maximum Gasteiger partial charge on any atom is 0.339 e. The van der Waals surface area contributed by atoms with E-state index in [9.17, 15) is 17.6 Å². The van der Waals surface area contributed by atoms with Gasteiger partial charge >= 0.3 is 11.8 Å². The van der Waals surface area contributed by atoms with E-state index in [1.807, 2.05) is 6.92 Å². The van der Waals surface area contributed by atoms with Gasteiger partial charge in [-0.25, -0.2) is 0 Å². The molecule has 0 fully saturated rings. The highest BCUT2D eigenvalue weighted by molar-refractivity contribution is 5.43. The molecule has 1 nitrogen and oxygen atoms in total. The second-order valence-electron chi connectivity index (χ2n) is 6.64. The third-order valence-corrected chi connectivity index (χ3v) is 4.20. The van der Waals surface area contributed by atoms with E-state index in [-0.39, 0.29) is 24.7 Å². The Morgan fingerprint density at radius 3 is 2.12 bits per heavy atom. The monoisotopic (exact) mass is 346 g/mol. The van der Waals surface area contributed by atoms with Gasteiger partial charge in [0.15, 0.2) is 0 Å². The van der Waals surface area contributed by atoms with Crippen LogP contribution < -0.4 is 0 Å². The Morgan fingerprint density at radius 1 is 1.08 bits per heavy atom. The fourth-order valence-electron chi connectivity index (χ4n) is 2.33. The van der Waals surface area contributed by atoms with Crippen LogP contribution in [-0.4, -0.2) is 24.6 Å². The molecule has 1 unspecified atom stereocenters. The van der Waals surface area contributed by atoms with Gasteiger partial charge < -0.3 is 4.74 Å². The van der Waals surface area contributed by atoms with Crippen molar-refractivity contribution in [3.05, 3.63) is 47.6 Å². The van der Waals surface area contributed by atoms with E-state index in [0.717, 1.165) is 5.57 Å². The van der Waals surface area contributed by atoms with E-state index in [1.54, 1.807) is 19.9 Å². The van der Waals surface area contributed by atoms with E-state index >= 15 is 0 Å². The summed E-state index contributed by atoms with van der Waals surface area (Å²) in [6.07, 6.45) is 3.77. The van der Waals surface area contributed by atoms with Gasteiger partial charge in [-0.2, -0.15) is 17.6 Å². The Labute approximate surface area is 141 Å². The summed E-state index contributed by atoms with van der Waals surface area (Å²) < 4.78 is 63.1. The van der Waals surface area contributed by atoms with Crippen LogP contribution in [0.4, 0.5) is 17.6 Å². The maximum atomic E-state index is 14.5. The second kappa shape index (κ2) is 7.68. The Hall–Kier alpha value is -1.36. The minimum Gasteiger partial charge on any atom is -0.378 e. The number of allylic oxidation sites excluding steroid dienone is 5. The summed E-state index contributed by atoms with van der Waals surface area (Å²) >= 11 is 0. The first-order valence-corrected chi connectivity index (χ1v) is 8.03. The van der Waals surface area contributed by atoms with Crippen LogP contribution in [0.5, 0.6) is 0 Å². The van der Waals surface area contributed by atoms with Gasteiger partial charge in [0.05, 0.1) is 12.7 Å². The smallest absolute Gasteiger partial charge is 0.339 e. The fraction of sp³-hybridized carbons (Fsp3) is 0.579. The summed E-state index contributed by atoms with van der Waals surface area (Å²) in [5, 5.41) is 0. The molecule has 5 heteroatoms. The van der Waals surface area contributed by atoms with Crippen LogP contribution in [0.15, 0.2) is 47.6 Å². The molecule has 0 aliphatic heterocycles. The van der Waals surface area contributed by atoms with Crippen LogP contribution in [-0.2, 0) is 4.74 Å². The predicted octanol–water partition coefficient (Wildman–Crippen LogP) is 6.10. The van der Waals surface area contributed by atoms with E-state index < -0.39 is 28.9 Å². The van der Waals surface area contributed by atoms with Crippen LogP contribution in [0.3, 0.4) is 0 Å². The lowest BCUT2D eigenvalue weighted by Gasteiger charge is -2.33. The lowest BCUT2D eigenvalue weighted by Crippen LogP contribution is -2.45. The number of ether oxygens (including phenoxy) is 1. The molecular formula is C19H26F4O. The van der Waals surface area contributed by atoms with Gasteiger partial charge in [0.1, 0.15) is 0 Å². The highest BCUT2D eigenvalue weighted by atomic mass is 19.3. The Kier molecular flexibility index (Phi) is 6.62. The lowest BCUT2D eigenvalue weighted by atomic mass is 9.85. The largest absolute Gasteiger partial charge is 0.378 e. The first-order valence-electron chi connectivity index (χ1n) is 8.03. The molecule has 0 radical (unpaired) electrons. The normalized spacial score (nSPS) is 17.4. The molecule has 1 rings (SSSR count). The highest BCUT2D eigenvalue weighted by Gasteiger charge is 2.60. The van der Waals surface area contributed by atoms with Gasteiger partial charge in [0.2, 0.25) is 0 Å². The molecule has 0 N–H and O–H groups in total. The summed E-state index contributed by atoms with van der Waals surface area (Å²) in [4.78, 5) is 0. The van der Waals surface area contributed by atoms with Crippen LogP contribution >= 0.6 is 0 Å². The van der Waals surface area contributed by atoms with Crippen molar-refractivity contribution in [3.8, 4) is 0 Å². The van der Waals surface area contributed by atoms with Gasteiger partial charge in [-0.15, -0.1) is 0 Å². The molecule has 0 saturated heterocycles. The van der Waals surface area contributed by atoms with E-state index in [2.05, 4.69) is 13.2 Å². The molecule has 24 heavy (non-hydrogen) atoms. The molecule has 0 amide bonds. The minimum absolute atomic E-state index is 0.0841.